The first-order chi connectivity index (χ1) is 11.5. The van der Waals surface area contributed by atoms with E-state index < -0.39 is 6.09 Å². The molecule has 3 heteroatoms. The lowest BCUT2D eigenvalue weighted by atomic mass is 9.77. The fourth-order valence-electron chi connectivity index (χ4n) is 2.99. The van der Waals surface area contributed by atoms with Crippen LogP contribution in [0.3, 0.4) is 0 Å². The van der Waals surface area contributed by atoms with Gasteiger partial charge in [-0.05, 0) is 29.3 Å². The van der Waals surface area contributed by atoms with Crippen LogP contribution in [0.15, 0.2) is 73.5 Å². The van der Waals surface area contributed by atoms with Crippen LogP contribution in [0, 0.1) is 5.41 Å². The van der Waals surface area contributed by atoms with Crippen molar-refractivity contribution in [3.05, 3.63) is 84.6 Å². The standard InChI is InChI=1S/C21H21NO2/c1-4-21(2,3)19-18-13-9-8-10-16(18)14-15-22(19)20(23)24-17-11-6-5-7-12-17/h4-15,19H,1H2,2-3H3. The maximum Gasteiger partial charge on any atom is 0.419 e. The molecule has 2 aromatic carbocycles. The minimum absolute atomic E-state index is 0.174. The van der Waals surface area contributed by atoms with Gasteiger partial charge < -0.3 is 4.74 Å². The summed E-state index contributed by atoms with van der Waals surface area (Å²) in [5.74, 6) is 0.532. The molecular formula is C21H21NO2. The van der Waals surface area contributed by atoms with E-state index in [1.165, 1.54) is 0 Å². The summed E-state index contributed by atoms with van der Waals surface area (Å²) < 4.78 is 5.54. The molecule has 3 rings (SSSR count). The Bertz CT molecular complexity index is 777. The smallest absolute Gasteiger partial charge is 0.410 e. The summed E-state index contributed by atoms with van der Waals surface area (Å²) in [4.78, 5) is 14.4. The molecule has 0 radical (unpaired) electrons. The van der Waals surface area contributed by atoms with Crippen LogP contribution in [0.5, 0.6) is 5.75 Å². The van der Waals surface area contributed by atoms with E-state index in [-0.39, 0.29) is 11.5 Å². The van der Waals surface area contributed by atoms with Gasteiger partial charge in [0.25, 0.3) is 0 Å². The quantitative estimate of drug-likeness (QED) is 0.706. The van der Waals surface area contributed by atoms with Crippen LogP contribution in [0.25, 0.3) is 6.08 Å². The molecule has 1 aliphatic rings. The van der Waals surface area contributed by atoms with Crippen LogP contribution < -0.4 is 4.74 Å². The minimum Gasteiger partial charge on any atom is -0.410 e. The van der Waals surface area contributed by atoms with E-state index >= 15 is 0 Å². The maximum absolute atomic E-state index is 12.8. The maximum atomic E-state index is 12.8. The minimum atomic E-state index is -0.396. The monoisotopic (exact) mass is 319 g/mol. The normalized spacial score (nSPS) is 16.4. The average molecular weight is 319 g/mol. The number of para-hydroxylation sites is 1. The van der Waals surface area contributed by atoms with E-state index in [4.69, 9.17) is 4.74 Å². The van der Waals surface area contributed by atoms with Crippen LogP contribution in [0.2, 0.25) is 0 Å². The van der Waals surface area contributed by atoms with Gasteiger partial charge >= 0.3 is 6.09 Å². The number of hydrogen-bond donors (Lipinski definition) is 0. The molecule has 0 fully saturated rings. The van der Waals surface area contributed by atoms with Crippen LogP contribution >= 0.6 is 0 Å². The molecule has 0 N–H and O–H groups in total. The molecule has 1 heterocycles. The third-order valence-electron chi connectivity index (χ3n) is 4.37. The van der Waals surface area contributed by atoms with Crippen molar-refractivity contribution in [1.82, 2.24) is 4.90 Å². The number of carbonyl (C=O) groups excluding carboxylic acids is 1. The van der Waals surface area contributed by atoms with Gasteiger partial charge in [0.2, 0.25) is 0 Å². The number of rotatable bonds is 3. The summed E-state index contributed by atoms with van der Waals surface area (Å²) in [6.07, 6.45) is 5.23. The molecule has 0 spiro atoms. The van der Waals surface area contributed by atoms with Gasteiger partial charge in [-0.3, -0.25) is 4.90 Å². The van der Waals surface area contributed by atoms with E-state index in [0.717, 1.165) is 11.1 Å². The van der Waals surface area contributed by atoms with Gasteiger partial charge in [-0.2, -0.15) is 0 Å². The summed E-state index contributed by atoms with van der Waals surface area (Å²) in [6.45, 7) is 8.10. The molecule has 122 valence electrons. The van der Waals surface area contributed by atoms with Gasteiger partial charge in [0.05, 0.1) is 6.04 Å². The second-order valence-electron chi connectivity index (χ2n) is 6.46. The topological polar surface area (TPSA) is 29.5 Å². The third kappa shape index (κ3) is 2.98. The molecule has 24 heavy (non-hydrogen) atoms. The second-order valence-corrected chi connectivity index (χ2v) is 6.46. The molecule has 0 aliphatic carbocycles. The molecule has 1 amide bonds. The highest BCUT2D eigenvalue weighted by Gasteiger charge is 2.38. The Morgan fingerprint density at radius 3 is 2.50 bits per heavy atom. The van der Waals surface area contributed by atoms with Crippen molar-refractivity contribution in [3.8, 4) is 5.75 Å². The molecule has 1 unspecified atom stereocenters. The highest BCUT2D eigenvalue weighted by atomic mass is 16.6. The predicted octanol–water partition coefficient (Wildman–Crippen LogP) is 5.43. The zero-order valence-electron chi connectivity index (χ0n) is 14.0. The highest BCUT2D eigenvalue weighted by molar-refractivity contribution is 5.76. The Kier molecular flexibility index (Phi) is 4.26. The van der Waals surface area contributed by atoms with Gasteiger partial charge in [-0.25, -0.2) is 4.79 Å². The van der Waals surface area contributed by atoms with Crippen molar-refractivity contribution in [3.63, 3.8) is 0 Å². The van der Waals surface area contributed by atoms with Gasteiger partial charge in [0.15, 0.2) is 0 Å². The number of carbonyl (C=O) groups is 1. The lowest BCUT2D eigenvalue weighted by Crippen LogP contribution is -2.41. The van der Waals surface area contributed by atoms with Crippen LogP contribution in [0.4, 0.5) is 4.79 Å². The highest BCUT2D eigenvalue weighted by Crippen LogP contribution is 2.43. The molecule has 0 saturated heterocycles. The number of nitrogens with zero attached hydrogens (tertiary/aromatic N) is 1. The van der Waals surface area contributed by atoms with E-state index in [2.05, 4.69) is 32.6 Å². The Balaban J connectivity index is 1.97. The van der Waals surface area contributed by atoms with Crippen molar-refractivity contribution in [1.29, 1.82) is 0 Å². The number of hydrogen-bond acceptors (Lipinski definition) is 2. The molecule has 0 saturated carbocycles. The first-order valence-electron chi connectivity index (χ1n) is 7.99. The first-order valence-corrected chi connectivity index (χ1v) is 7.99. The summed E-state index contributed by atoms with van der Waals surface area (Å²) in [7, 11) is 0. The summed E-state index contributed by atoms with van der Waals surface area (Å²) in [5.41, 5.74) is 1.90. The zero-order chi connectivity index (χ0) is 17.2. The predicted molar refractivity (Wildman–Crippen MR) is 96.5 cm³/mol. The number of fused-ring (bicyclic) bond motifs is 1. The van der Waals surface area contributed by atoms with E-state index in [0.29, 0.717) is 5.75 Å². The lowest BCUT2D eigenvalue weighted by molar-refractivity contribution is 0.126. The third-order valence-corrected chi connectivity index (χ3v) is 4.37. The largest absolute Gasteiger partial charge is 0.419 e. The Labute approximate surface area is 142 Å². The molecule has 0 bridgehead atoms. The van der Waals surface area contributed by atoms with Crippen LogP contribution in [-0.2, 0) is 0 Å². The van der Waals surface area contributed by atoms with E-state index in [1.807, 2.05) is 42.5 Å². The first kappa shape index (κ1) is 16.1. The van der Waals surface area contributed by atoms with Crippen molar-refractivity contribution in [2.75, 3.05) is 0 Å². The van der Waals surface area contributed by atoms with Crippen LogP contribution in [-0.4, -0.2) is 11.0 Å². The van der Waals surface area contributed by atoms with E-state index in [9.17, 15) is 4.79 Å². The van der Waals surface area contributed by atoms with Crippen molar-refractivity contribution in [2.45, 2.75) is 19.9 Å². The molecule has 3 nitrogen and oxygen atoms in total. The van der Waals surface area contributed by atoms with Crippen molar-refractivity contribution in [2.24, 2.45) is 5.41 Å². The summed E-state index contributed by atoms with van der Waals surface area (Å²) >= 11 is 0. The summed E-state index contributed by atoms with van der Waals surface area (Å²) in [5, 5.41) is 0. The molecule has 1 atom stereocenters. The lowest BCUT2D eigenvalue weighted by Gasteiger charge is -2.41. The SMILES string of the molecule is C=CC(C)(C)C1c2ccccc2C=CN1C(=O)Oc1ccccc1. The van der Waals surface area contributed by atoms with E-state index in [1.54, 1.807) is 23.2 Å². The van der Waals surface area contributed by atoms with Gasteiger partial charge in [0.1, 0.15) is 5.75 Å². The van der Waals surface area contributed by atoms with Gasteiger partial charge in [0, 0.05) is 11.6 Å². The summed E-state index contributed by atoms with van der Waals surface area (Å²) in [6, 6.07) is 17.0. The Hall–Kier alpha value is -2.81. The van der Waals surface area contributed by atoms with Crippen LogP contribution in [0.1, 0.15) is 31.0 Å². The number of benzene rings is 2. The van der Waals surface area contributed by atoms with Crippen molar-refractivity contribution >= 4 is 12.2 Å². The molecule has 1 aliphatic heterocycles. The Morgan fingerprint density at radius 1 is 1.12 bits per heavy atom. The molecule has 2 aromatic rings. The zero-order valence-corrected chi connectivity index (χ0v) is 14.0. The molecular weight excluding hydrogens is 298 g/mol. The second kappa shape index (κ2) is 6.36. The number of amides is 1. The van der Waals surface area contributed by atoms with Gasteiger partial charge in [-0.1, -0.05) is 62.4 Å². The number of ether oxygens (including phenoxy) is 1. The fraction of sp³-hybridized carbons (Fsp3) is 0.190. The average Bonchev–Trinajstić information content (AvgIpc) is 2.61. The van der Waals surface area contributed by atoms with Crippen molar-refractivity contribution < 1.29 is 9.53 Å². The fourth-order valence-corrected chi connectivity index (χ4v) is 2.99. The van der Waals surface area contributed by atoms with Gasteiger partial charge in [-0.15, -0.1) is 6.58 Å². The Morgan fingerprint density at radius 2 is 1.79 bits per heavy atom. The molecule has 0 aromatic heterocycles.